The van der Waals surface area contributed by atoms with Crippen LogP contribution in [0.1, 0.15) is 37.7 Å². The quantitative estimate of drug-likeness (QED) is 0.647. The summed E-state index contributed by atoms with van der Waals surface area (Å²) in [5.74, 6) is 0.0126. The maximum absolute atomic E-state index is 12.0. The van der Waals surface area contributed by atoms with E-state index < -0.39 is 0 Å². The number of benzene rings is 1. The van der Waals surface area contributed by atoms with Crippen LogP contribution in [0.5, 0.6) is 0 Å². The van der Waals surface area contributed by atoms with Gasteiger partial charge in [0, 0.05) is 18.5 Å². The van der Waals surface area contributed by atoms with Crippen molar-refractivity contribution in [2.75, 3.05) is 5.32 Å². The Morgan fingerprint density at radius 3 is 2.50 bits per heavy atom. The molecule has 2 rings (SSSR count). The van der Waals surface area contributed by atoms with Crippen LogP contribution in [0.15, 0.2) is 36.5 Å². The minimum absolute atomic E-state index is 0.0864. The van der Waals surface area contributed by atoms with E-state index >= 15 is 0 Å². The van der Waals surface area contributed by atoms with E-state index in [0.717, 1.165) is 24.9 Å². The Morgan fingerprint density at radius 1 is 1.23 bits per heavy atom. The third kappa shape index (κ3) is 4.04. The molecule has 1 aromatic rings. The van der Waals surface area contributed by atoms with Crippen LogP contribution in [0, 0.1) is 5.92 Å². The Labute approximate surface area is 129 Å². The standard InChI is InChI=1S/C17H20N2O3/c1-11(10-20)18-17(22)15-4-3-14(9-15)13-5-7-16(8-6-13)19-12(2)21/h5-8,10,14-15H,1,3-4,9H2,2H3,(H,18,22)(H,19,21). The third-order valence-corrected chi connectivity index (χ3v) is 3.93. The largest absolute Gasteiger partial charge is 0.326 e. The molecule has 1 aromatic carbocycles. The Balaban J connectivity index is 1.95. The summed E-state index contributed by atoms with van der Waals surface area (Å²) in [4.78, 5) is 33.5. The molecular weight excluding hydrogens is 280 g/mol. The van der Waals surface area contributed by atoms with Gasteiger partial charge in [-0.3, -0.25) is 14.4 Å². The number of carbonyl (C=O) groups is 3. The molecule has 1 fully saturated rings. The van der Waals surface area contributed by atoms with Crippen LogP contribution < -0.4 is 10.6 Å². The number of hydrogen-bond acceptors (Lipinski definition) is 3. The van der Waals surface area contributed by atoms with E-state index in [-0.39, 0.29) is 23.4 Å². The average Bonchev–Trinajstić information content (AvgIpc) is 2.97. The van der Waals surface area contributed by atoms with Gasteiger partial charge in [0.15, 0.2) is 6.29 Å². The van der Waals surface area contributed by atoms with Crippen molar-refractivity contribution in [3.8, 4) is 0 Å². The first-order valence-electron chi connectivity index (χ1n) is 7.32. The van der Waals surface area contributed by atoms with E-state index in [9.17, 15) is 14.4 Å². The fraction of sp³-hybridized carbons (Fsp3) is 0.353. The molecule has 5 nitrogen and oxygen atoms in total. The summed E-state index contributed by atoms with van der Waals surface area (Å²) in [6.45, 7) is 4.93. The molecular formula is C17H20N2O3. The van der Waals surface area contributed by atoms with Crippen molar-refractivity contribution in [2.45, 2.75) is 32.1 Å². The Morgan fingerprint density at radius 2 is 1.91 bits per heavy atom. The van der Waals surface area contributed by atoms with Crippen molar-refractivity contribution in [2.24, 2.45) is 5.92 Å². The summed E-state index contributed by atoms with van der Waals surface area (Å²) >= 11 is 0. The third-order valence-electron chi connectivity index (χ3n) is 3.93. The molecule has 22 heavy (non-hydrogen) atoms. The van der Waals surface area contributed by atoms with Crippen molar-refractivity contribution in [1.82, 2.24) is 5.32 Å². The van der Waals surface area contributed by atoms with E-state index in [4.69, 9.17) is 0 Å². The summed E-state index contributed by atoms with van der Waals surface area (Å²) < 4.78 is 0. The first-order valence-corrected chi connectivity index (χ1v) is 7.32. The lowest BCUT2D eigenvalue weighted by molar-refractivity contribution is -0.124. The van der Waals surface area contributed by atoms with Gasteiger partial charge in [0.05, 0.1) is 5.70 Å². The molecule has 1 saturated carbocycles. The van der Waals surface area contributed by atoms with Gasteiger partial charge in [-0.2, -0.15) is 0 Å². The molecule has 0 spiro atoms. The molecule has 0 aromatic heterocycles. The van der Waals surface area contributed by atoms with Gasteiger partial charge >= 0.3 is 0 Å². The van der Waals surface area contributed by atoms with Crippen molar-refractivity contribution >= 4 is 23.8 Å². The van der Waals surface area contributed by atoms with Crippen LogP contribution in [-0.2, 0) is 14.4 Å². The molecule has 1 aliphatic carbocycles. The Bertz CT molecular complexity index is 592. The van der Waals surface area contributed by atoms with Gasteiger partial charge in [-0.05, 0) is 42.9 Å². The number of amides is 2. The van der Waals surface area contributed by atoms with E-state index in [0.29, 0.717) is 12.2 Å². The topological polar surface area (TPSA) is 75.3 Å². The smallest absolute Gasteiger partial charge is 0.227 e. The van der Waals surface area contributed by atoms with Gasteiger partial charge in [0.25, 0.3) is 0 Å². The minimum Gasteiger partial charge on any atom is -0.326 e. The first-order chi connectivity index (χ1) is 10.5. The summed E-state index contributed by atoms with van der Waals surface area (Å²) in [5.41, 5.74) is 2.04. The van der Waals surface area contributed by atoms with Crippen LogP contribution in [0.2, 0.25) is 0 Å². The summed E-state index contributed by atoms with van der Waals surface area (Å²) in [6.07, 6.45) is 3.05. The monoisotopic (exact) mass is 300 g/mol. The zero-order valence-electron chi connectivity index (χ0n) is 12.6. The predicted molar refractivity (Wildman–Crippen MR) is 84.2 cm³/mol. The van der Waals surface area contributed by atoms with E-state index in [2.05, 4.69) is 17.2 Å². The molecule has 0 aliphatic heterocycles. The minimum atomic E-state index is -0.130. The number of anilines is 1. The van der Waals surface area contributed by atoms with Crippen LogP contribution in [0.3, 0.4) is 0 Å². The van der Waals surface area contributed by atoms with Gasteiger partial charge in [-0.1, -0.05) is 18.7 Å². The highest BCUT2D eigenvalue weighted by Crippen LogP contribution is 2.38. The maximum Gasteiger partial charge on any atom is 0.227 e. The molecule has 0 saturated heterocycles. The van der Waals surface area contributed by atoms with E-state index in [1.165, 1.54) is 12.5 Å². The lowest BCUT2D eigenvalue weighted by Gasteiger charge is -2.12. The highest BCUT2D eigenvalue weighted by molar-refractivity contribution is 5.88. The molecule has 5 heteroatoms. The summed E-state index contributed by atoms with van der Waals surface area (Å²) in [5, 5.41) is 5.26. The fourth-order valence-electron chi connectivity index (χ4n) is 2.85. The van der Waals surface area contributed by atoms with E-state index in [1.807, 2.05) is 24.3 Å². The number of rotatable bonds is 5. The fourth-order valence-corrected chi connectivity index (χ4v) is 2.85. The molecule has 0 heterocycles. The Hall–Kier alpha value is -2.43. The number of carbonyl (C=O) groups excluding carboxylic acids is 3. The molecule has 0 bridgehead atoms. The number of nitrogens with one attached hydrogen (secondary N) is 2. The van der Waals surface area contributed by atoms with Crippen LogP contribution in [-0.4, -0.2) is 18.1 Å². The molecule has 2 amide bonds. The first kappa shape index (κ1) is 15.9. The summed E-state index contributed by atoms with van der Waals surface area (Å²) in [6, 6.07) is 7.72. The van der Waals surface area contributed by atoms with Gasteiger partial charge in [-0.25, -0.2) is 0 Å². The lowest BCUT2D eigenvalue weighted by Crippen LogP contribution is -2.28. The molecule has 2 N–H and O–H groups in total. The number of hydrogen-bond donors (Lipinski definition) is 2. The lowest BCUT2D eigenvalue weighted by atomic mass is 9.96. The average molecular weight is 300 g/mol. The second kappa shape index (κ2) is 7.02. The highest BCUT2D eigenvalue weighted by atomic mass is 16.2. The van der Waals surface area contributed by atoms with Crippen LogP contribution in [0.25, 0.3) is 0 Å². The highest BCUT2D eigenvalue weighted by Gasteiger charge is 2.30. The molecule has 116 valence electrons. The van der Waals surface area contributed by atoms with Crippen molar-refractivity contribution in [1.29, 1.82) is 0 Å². The van der Waals surface area contributed by atoms with E-state index in [1.54, 1.807) is 0 Å². The number of aldehydes is 1. The zero-order valence-corrected chi connectivity index (χ0v) is 12.6. The summed E-state index contributed by atoms with van der Waals surface area (Å²) in [7, 11) is 0. The van der Waals surface area contributed by atoms with Crippen molar-refractivity contribution in [3.63, 3.8) is 0 Å². The van der Waals surface area contributed by atoms with Crippen molar-refractivity contribution in [3.05, 3.63) is 42.1 Å². The Kier molecular flexibility index (Phi) is 5.09. The SMILES string of the molecule is C=C(C=O)NC(=O)C1CCC(c2ccc(NC(C)=O)cc2)C1. The molecule has 1 aliphatic rings. The van der Waals surface area contributed by atoms with Crippen LogP contribution >= 0.6 is 0 Å². The number of allylic oxidation sites excluding steroid dienone is 1. The van der Waals surface area contributed by atoms with Gasteiger partial charge in [0.1, 0.15) is 0 Å². The second-order valence-corrected chi connectivity index (χ2v) is 5.64. The predicted octanol–water partition coefficient (Wildman–Crippen LogP) is 2.36. The maximum atomic E-state index is 12.0. The van der Waals surface area contributed by atoms with Gasteiger partial charge in [-0.15, -0.1) is 0 Å². The van der Waals surface area contributed by atoms with Crippen LogP contribution in [0.4, 0.5) is 5.69 Å². The second-order valence-electron chi connectivity index (χ2n) is 5.64. The molecule has 2 atom stereocenters. The van der Waals surface area contributed by atoms with Crippen molar-refractivity contribution < 1.29 is 14.4 Å². The van der Waals surface area contributed by atoms with Gasteiger partial charge < -0.3 is 10.6 Å². The van der Waals surface area contributed by atoms with Gasteiger partial charge in [0.2, 0.25) is 11.8 Å². The molecule has 0 radical (unpaired) electrons. The zero-order chi connectivity index (χ0) is 16.1. The normalized spacial score (nSPS) is 20.2. The molecule has 2 unspecified atom stereocenters.